The van der Waals surface area contributed by atoms with E-state index in [0.717, 1.165) is 16.8 Å². The molecule has 2 aliphatic rings. The van der Waals surface area contributed by atoms with E-state index in [1.54, 1.807) is 24.3 Å². The minimum atomic E-state index is -0.292. The standard InChI is InChI=1S/C24H24N2O3/c1-14-11-15(2)13-18(12-14)25-22(27)17-7-9-19(10-8-17)26-23(28)20-6-4-5-16(3)21(20)24(26)29/h4-5,7-13,16,20-21H,6H2,1-3H3,(H,25,27)/t16-,20+,21+/m1/s1. The van der Waals surface area contributed by atoms with Crippen molar-refractivity contribution in [1.82, 2.24) is 0 Å². The van der Waals surface area contributed by atoms with Crippen molar-refractivity contribution in [2.75, 3.05) is 10.2 Å². The number of nitrogens with zero attached hydrogens (tertiary/aromatic N) is 1. The van der Waals surface area contributed by atoms with Gasteiger partial charge in [0.05, 0.1) is 17.5 Å². The number of aryl methyl sites for hydroxylation is 2. The second kappa shape index (κ2) is 7.32. The first-order valence-electron chi connectivity index (χ1n) is 9.89. The highest BCUT2D eigenvalue weighted by atomic mass is 16.2. The van der Waals surface area contributed by atoms with E-state index < -0.39 is 0 Å². The van der Waals surface area contributed by atoms with Crippen LogP contribution in [0.15, 0.2) is 54.6 Å². The molecule has 3 amide bonds. The van der Waals surface area contributed by atoms with Crippen molar-refractivity contribution in [3.63, 3.8) is 0 Å². The smallest absolute Gasteiger partial charge is 0.255 e. The number of anilines is 2. The van der Waals surface area contributed by atoms with Gasteiger partial charge in [-0.3, -0.25) is 19.3 Å². The number of nitrogens with one attached hydrogen (secondary N) is 1. The monoisotopic (exact) mass is 388 g/mol. The van der Waals surface area contributed by atoms with Crippen LogP contribution in [-0.4, -0.2) is 17.7 Å². The number of fused-ring (bicyclic) bond motifs is 1. The molecule has 148 valence electrons. The Morgan fingerprint density at radius 2 is 1.66 bits per heavy atom. The molecule has 1 aliphatic heterocycles. The second-order valence-corrected chi connectivity index (χ2v) is 8.04. The highest BCUT2D eigenvalue weighted by molar-refractivity contribution is 6.22. The molecule has 1 aliphatic carbocycles. The predicted octanol–water partition coefficient (Wildman–Crippen LogP) is 4.26. The Morgan fingerprint density at radius 1 is 1.00 bits per heavy atom. The molecule has 5 heteroatoms. The van der Waals surface area contributed by atoms with Crippen LogP contribution in [0.3, 0.4) is 0 Å². The molecular formula is C24H24N2O3. The van der Waals surface area contributed by atoms with E-state index in [1.165, 1.54) is 4.90 Å². The molecule has 0 unspecified atom stereocenters. The minimum Gasteiger partial charge on any atom is -0.322 e. The molecule has 0 radical (unpaired) electrons. The maximum absolute atomic E-state index is 12.9. The average Bonchev–Trinajstić information content (AvgIpc) is 2.92. The number of allylic oxidation sites excluding steroid dienone is 2. The number of rotatable bonds is 3. The van der Waals surface area contributed by atoms with Crippen LogP contribution in [0.25, 0.3) is 0 Å². The summed E-state index contributed by atoms with van der Waals surface area (Å²) in [6, 6.07) is 12.5. The van der Waals surface area contributed by atoms with Crippen LogP contribution in [0.4, 0.5) is 11.4 Å². The Labute approximate surface area is 170 Å². The van der Waals surface area contributed by atoms with Crippen molar-refractivity contribution in [2.24, 2.45) is 17.8 Å². The van der Waals surface area contributed by atoms with E-state index in [1.807, 2.05) is 51.1 Å². The Bertz CT molecular complexity index is 1000. The molecule has 0 saturated carbocycles. The Balaban J connectivity index is 1.53. The minimum absolute atomic E-state index is 0.0537. The number of hydrogen-bond acceptors (Lipinski definition) is 3. The van der Waals surface area contributed by atoms with E-state index >= 15 is 0 Å². The van der Waals surface area contributed by atoms with Crippen LogP contribution in [0.1, 0.15) is 34.8 Å². The molecule has 1 N–H and O–H groups in total. The zero-order valence-corrected chi connectivity index (χ0v) is 16.8. The normalized spacial score (nSPS) is 23.3. The lowest BCUT2D eigenvalue weighted by molar-refractivity contribution is -0.122. The van der Waals surface area contributed by atoms with E-state index in [4.69, 9.17) is 0 Å². The maximum Gasteiger partial charge on any atom is 0.255 e. The summed E-state index contributed by atoms with van der Waals surface area (Å²) in [7, 11) is 0. The highest BCUT2D eigenvalue weighted by Gasteiger charge is 2.50. The van der Waals surface area contributed by atoms with Gasteiger partial charge in [-0.15, -0.1) is 0 Å². The third kappa shape index (κ3) is 3.48. The molecule has 2 aromatic rings. The van der Waals surface area contributed by atoms with Gasteiger partial charge < -0.3 is 5.32 Å². The summed E-state index contributed by atoms with van der Waals surface area (Å²) >= 11 is 0. The van der Waals surface area contributed by atoms with Gasteiger partial charge in [0.1, 0.15) is 0 Å². The quantitative estimate of drug-likeness (QED) is 0.631. The van der Waals surface area contributed by atoms with Crippen molar-refractivity contribution in [2.45, 2.75) is 27.2 Å². The highest BCUT2D eigenvalue weighted by Crippen LogP contribution is 2.40. The summed E-state index contributed by atoms with van der Waals surface area (Å²) in [6.07, 6.45) is 4.60. The Kier molecular flexibility index (Phi) is 4.82. The summed E-state index contributed by atoms with van der Waals surface area (Å²) in [4.78, 5) is 39.5. The van der Waals surface area contributed by atoms with Crippen molar-refractivity contribution in [3.8, 4) is 0 Å². The second-order valence-electron chi connectivity index (χ2n) is 8.04. The SMILES string of the molecule is Cc1cc(C)cc(NC(=O)c2ccc(N3C(=O)[C@H]4[C@H](C)C=CC[C@@H]4C3=O)cc2)c1. The van der Waals surface area contributed by atoms with E-state index in [9.17, 15) is 14.4 Å². The van der Waals surface area contributed by atoms with Gasteiger partial charge in [-0.1, -0.05) is 25.1 Å². The van der Waals surface area contributed by atoms with Crippen LogP contribution in [0.5, 0.6) is 0 Å². The number of carbonyl (C=O) groups excluding carboxylic acids is 3. The molecule has 1 fully saturated rings. The van der Waals surface area contributed by atoms with Crippen LogP contribution in [-0.2, 0) is 9.59 Å². The molecule has 3 atom stereocenters. The van der Waals surface area contributed by atoms with E-state index in [2.05, 4.69) is 5.32 Å². The first-order chi connectivity index (χ1) is 13.8. The molecule has 4 rings (SSSR count). The first kappa shape index (κ1) is 19.1. The average molecular weight is 388 g/mol. The molecule has 1 saturated heterocycles. The van der Waals surface area contributed by atoms with Gasteiger partial charge in [-0.05, 0) is 73.7 Å². The van der Waals surface area contributed by atoms with Crippen LogP contribution >= 0.6 is 0 Å². The summed E-state index contributed by atoms with van der Waals surface area (Å²) in [5, 5.41) is 2.90. The number of benzene rings is 2. The number of hydrogen-bond donors (Lipinski definition) is 1. The molecule has 0 bridgehead atoms. The lowest BCUT2D eigenvalue weighted by Gasteiger charge is -2.22. The first-order valence-corrected chi connectivity index (χ1v) is 9.89. The largest absolute Gasteiger partial charge is 0.322 e. The van der Waals surface area contributed by atoms with Gasteiger partial charge in [-0.25, -0.2) is 0 Å². The van der Waals surface area contributed by atoms with Gasteiger partial charge in [0.25, 0.3) is 5.91 Å². The van der Waals surface area contributed by atoms with Gasteiger partial charge in [-0.2, -0.15) is 0 Å². The van der Waals surface area contributed by atoms with Crippen molar-refractivity contribution in [3.05, 3.63) is 71.3 Å². The predicted molar refractivity (Wildman–Crippen MR) is 113 cm³/mol. The van der Waals surface area contributed by atoms with Gasteiger partial charge in [0, 0.05) is 11.3 Å². The maximum atomic E-state index is 12.9. The third-order valence-electron chi connectivity index (χ3n) is 5.74. The molecule has 2 aromatic carbocycles. The molecule has 1 heterocycles. The summed E-state index contributed by atoms with van der Waals surface area (Å²) in [5.74, 6) is -1.05. The number of imide groups is 1. The van der Waals surface area contributed by atoms with Gasteiger partial charge >= 0.3 is 0 Å². The zero-order chi connectivity index (χ0) is 20.7. The Morgan fingerprint density at radius 3 is 2.28 bits per heavy atom. The fourth-order valence-corrected chi connectivity index (χ4v) is 4.41. The van der Waals surface area contributed by atoms with Crippen molar-refractivity contribution < 1.29 is 14.4 Å². The lowest BCUT2D eigenvalue weighted by atomic mass is 9.78. The third-order valence-corrected chi connectivity index (χ3v) is 5.74. The fourth-order valence-electron chi connectivity index (χ4n) is 4.41. The topological polar surface area (TPSA) is 66.5 Å². The molecular weight excluding hydrogens is 364 g/mol. The van der Waals surface area contributed by atoms with E-state index in [0.29, 0.717) is 17.7 Å². The molecule has 0 spiro atoms. The van der Waals surface area contributed by atoms with Crippen molar-refractivity contribution >= 4 is 29.1 Å². The summed E-state index contributed by atoms with van der Waals surface area (Å²) in [6.45, 7) is 5.94. The van der Waals surface area contributed by atoms with Crippen LogP contribution in [0, 0.1) is 31.6 Å². The van der Waals surface area contributed by atoms with Crippen molar-refractivity contribution in [1.29, 1.82) is 0 Å². The van der Waals surface area contributed by atoms with Gasteiger partial charge in [0.15, 0.2) is 0 Å². The number of carbonyl (C=O) groups is 3. The number of amides is 3. The molecule has 29 heavy (non-hydrogen) atoms. The zero-order valence-electron chi connectivity index (χ0n) is 16.8. The van der Waals surface area contributed by atoms with Crippen LogP contribution < -0.4 is 10.2 Å². The lowest BCUT2D eigenvalue weighted by Crippen LogP contribution is -2.31. The van der Waals surface area contributed by atoms with Crippen LogP contribution in [0.2, 0.25) is 0 Å². The molecule has 5 nitrogen and oxygen atoms in total. The Hall–Kier alpha value is -3.21. The van der Waals surface area contributed by atoms with E-state index in [-0.39, 0.29) is 35.5 Å². The summed E-state index contributed by atoms with van der Waals surface area (Å²) in [5.41, 5.74) is 3.88. The summed E-state index contributed by atoms with van der Waals surface area (Å²) < 4.78 is 0. The molecule has 0 aromatic heterocycles. The van der Waals surface area contributed by atoms with Gasteiger partial charge in [0.2, 0.25) is 11.8 Å². The fraction of sp³-hybridized carbons (Fsp3) is 0.292.